The fraction of sp³-hybridized carbons (Fsp3) is 0.0870. The Morgan fingerprint density at radius 2 is 1.77 bits per heavy atom. The predicted octanol–water partition coefficient (Wildman–Crippen LogP) is 3.80. The Morgan fingerprint density at radius 3 is 2.48 bits per heavy atom. The van der Waals surface area contributed by atoms with Crippen LogP contribution in [0.5, 0.6) is 11.5 Å². The van der Waals surface area contributed by atoms with Crippen molar-refractivity contribution in [3.63, 3.8) is 0 Å². The highest BCUT2D eigenvalue weighted by molar-refractivity contribution is 7.80. The van der Waals surface area contributed by atoms with Gasteiger partial charge in [-0.3, -0.25) is 14.9 Å². The Hall–Kier alpha value is -3.91. The number of furan rings is 1. The number of anilines is 1. The molecule has 7 nitrogen and oxygen atoms in total. The average molecular weight is 434 g/mol. The topological polar surface area (TPSA) is 81.0 Å². The van der Waals surface area contributed by atoms with Crippen molar-refractivity contribution >= 4 is 40.9 Å². The molecule has 3 aromatic rings. The Kier molecular flexibility index (Phi) is 5.55. The standard InChI is InChI=1S/C23H18N2O5S/c1-28-15-8-10-18(20(13-15)29-2)25-22(27)17(21(26)24-23(25)31)12-16-9-11-19(30-16)14-6-4-3-5-7-14/h3-13H,1-2H3,(H,24,26,31)/b17-12+. The first-order valence-corrected chi connectivity index (χ1v) is 9.71. The number of benzene rings is 2. The van der Waals surface area contributed by atoms with Crippen LogP contribution >= 0.6 is 12.2 Å². The van der Waals surface area contributed by atoms with E-state index in [9.17, 15) is 9.59 Å². The van der Waals surface area contributed by atoms with Gasteiger partial charge in [0.25, 0.3) is 11.8 Å². The van der Waals surface area contributed by atoms with Gasteiger partial charge in [0.1, 0.15) is 28.6 Å². The van der Waals surface area contributed by atoms with Crippen molar-refractivity contribution in [2.24, 2.45) is 0 Å². The molecule has 0 spiro atoms. The average Bonchev–Trinajstić information content (AvgIpc) is 3.26. The number of carbonyl (C=O) groups is 2. The van der Waals surface area contributed by atoms with Crippen LogP contribution in [-0.2, 0) is 9.59 Å². The van der Waals surface area contributed by atoms with Crippen molar-refractivity contribution in [3.8, 4) is 22.8 Å². The third-order valence-corrected chi connectivity index (χ3v) is 4.99. The highest BCUT2D eigenvalue weighted by Gasteiger charge is 2.36. The van der Waals surface area contributed by atoms with Gasteiger partial charge in [0.2, 0.25) is 0 Å². The summed E-state index contributed by atoms with van der Waals surface area (Å²) in [5.74, 6) is 0.730. The fourth-order valence-corrected chi connectivity index (χ4v) is 3.45. The van der Waals surface area contributed by atoms with Crippen LogP contribution in [0.25, 0.3) is 17.4 Å². The SMILES string of the molecule is COc1ccc(N2C(=O)/C(=C/c3ccc(-c4ccccc4)o3)C(=O)NC2=S)c(OC)c1. The number of carbonyl (C=O) groups excluding carboxylic acids is 2. The van der Waals surface area contributed by atoms with Crippen molar-refractivity contribution in [3.05, 3.63) is 72.0 Å². The molecule has 1 fully saturated rings. The number of nitrogens with zero attached hydrogens (tertiary/aromatic N) is 1. The van der Waals surface area contributed by atoms with E-state index in [1.165, 1.54) is 25.2 Å². The number of nitrogens with one attached hydrogen (secondary N) is 1. The fourth-order valence-electron chi connectivity index (χ4n) is 3.18. The van der Waals surface area contributed by atoms with Gasteiger partial charge in [-0.15, -0.1) is 0 Å². The molecule has 0 radical (unpaired) electrons. The lowest BCUT2D eigenvalue weighted by Crippen LogP contribution is -2.54. The summed E-state index contributed by atoms with van der Waals surface area (Å²) in [4.78, 5) is 27.0. The Bertz CT molecular complexity index is 1200. The van der Waals surface area contributed by atoms with Gasteiger partial charge in [-0.05, 0) is 42.6 Å². The Labute approximate surface area is 183 Å². The highest BCUT2D eigenvalue weighted by atomic mass is 32.1. The molecule has 2 aromatic carbocycles. The molecule has 0 bridgehead atoms. The van der Waals surface area contributed by atoms with Crippen LogP contribution < -0.4 is 19.7 Å². The number of ether oxygens (including phenoxy) is 2. The summed E-state index contributed by atoms with van der Waals surface area (Å²) in [7, 11) is 3.00. The molecular weight excluding hydrogens is 416 g/mol. The van der Waals surface area contributed by atoms with Crippen molar-refractivity contribution in [1.82, 2.24) is 5.32 Å². The molecule has 1 aromatic heterocycles. The van der Waals surface area contributed by atoms with E-state index in [1.54, 1.807) is 30.3 Å². The van der Waals surface area contributed by atoms with E-state index in [-0.39, 0.29) is 10.7 Å². The summed E-state index contributed by atoms with van der Waals surface area (Å²) in [6.45, 7) is 0. The van der Waals surface area contributed by atoms with E-state index in [0.717, 1.165) is 5.56 Å². The molecule has 2 heterocycles. The summed E-state index contributed by atoms with van der Waals surface area (Å²) in [5.41, 5.74) is 1.16. The molecule has 156 valence electrons. The molecule has 1 saturated heterocycles. The van der Waals surface area contributed by atoms with Crippen molar-refractivity contribution in [2.45, 2.75) is 0 Å². The highest BCUT2D eigenvalue weighted by Crippen LogP contribution is 2.34. The molecule has 0 aliphatic carbocycles. The number of rotatable bonds is 5. The number of hydrogen-bond donors (Lipinski definition) is 1. The molecule has 4 rings (SSSR count). The molecule has 2 amide bonds. The summed E-state index contributed by atoms with van der Waals surface area (Å²) >= 11 is 5.25. The van der Waals surface area contributed by atoms with Crippen LogP contribution in [0, 0.1) is 0 Å². The zero-order valence-electron chi connectivity index (χ0n) is 16.7. The smallest absolute Gasteiger partial charge is 0.270 e. The lowest BCUT2D eigenvalue weighted by atomic mass is 10.1. The van der Waals surface area contributed by atoms with Gasteiger partial charge in [0.05, 0.1) is 19.9 Å². The Balaban J connectivity index is 1.70. The van der Waals surface area contributed by atoms with E-state index < -0.39 is 11.8 Å². The van der Waals surface area contributed by atoms with Gasteiger partial charge in [-0.2, -0.15) is 0 Å². The molecule has 1 aliphatic rings. The van der Waals surface area contributed by atoms with E-state index in [0.29, 0.717) is 28.7 Å². The minimum Gasteiger partial charge on any atom is -0.497 e. The van der Waals surface area contributed by atoms with Gasteiger partial charge >= 0.3 is 0 Å². The van der Waals surface area contributed by atoms with Gasteiger partial charge in [-0.1, -0.05) is 30.3 Å². The second kappa shape index (κ2) is 8.45. The summed E-state index contributed by atoms with van der Waals surface area (Å²) in [6.07, 6.45) is 1.40. The maximum atomic E-state index is 13.2. The number of methoxy groups -OCH3 is 2. The van der Waals surface area contributed by atoms with Gasteiger partial charge in [0, 0.05) is 11.6 Å². The molecular formula is C23H18N2O5S. The van der Waals surface area contributed by atoms with Gasteiger partial charge in [0.15, 0.2) is 5.11 Å². The van der Waals surface area contributed by atoms with Crippen LogP contribution in [-0.4, -0.2) is 31.1 Å². The summed E-state index contributed by atoms with van der Waals surface area (Å²) < 4.78 is 16.4. The third-order valence-electron chi connectivity index (χ3n) is 4.70. The monoisotopic (exact) mass is 434 g/mol. The first kappa shape index (κ1) is 20.4. The normalized spacial score (nSPS) is 15.2. The third kappa shape index (κ3) is 3.93. The van der Waals surface area contributed by atoms with E-state index in [1.807, 2.05) is 30.3 Å². The molecule has 0 atom stereocenters. The first-order chi connectivity index (χ1) is 15.0. The second-order valence-electron chi connectivity index (χ2n) is 6.56. The van der Waals surface area contributed by atoms with Crippen LogP contribution in [0.2, 0.25) is 0 Å². The van der Waals surface area contributed by atoms with Crippen LogP contribution in [0.15, 0.2) is 70.7 Å². The molecule has 0 saturated carbocycles. The lowest BCUT2D eigenvalue weighted by Gasteiger charge is -2.29. The van der Waals surface area contributed by atoms with Crippen LogP contribution in [0.4, 0.5) is 5.69 Å². The van der Waals surface area contributed by atoms with Crippen LogP contribution in [0.1, 0.15) is 5.76 Å². The van der Waals surface area contributed by atoms with Gasteiger partial charge < -0.3 is 13.9 Å². The Morgan fingerprint density at radius 1 is 1.00 bits per heavy atom. The predicted molar refractivity (Wildman–Crippen MR) is 120 cm³/mol. The number of thiocarbonyl (C=S) groups is 1. The minimum absolute atomic E-state index is 0.0416. The first-order valence-electron chi connectivity index (χ1n) is 9.30. The summed E-state index contributed by atoms with van der Waals surface area (Å²) in [6, 6.07) is 17.9. The molecule has 1 aliphatic heterocycles. The van der Waals surface area contributed by atoms with Gasteiger partial charge in [-0.25, -0.2) is 4.90 Å². The molecule has 31 heavy (non-hydrogen) atoms. The molecule has 0 unspecified atom stereocenters. The maximum absolute atomic E-state index is 13.2. The quantitative estimate of drug-likeness (QED) is 0.374. The zero-order valence-corrected chi connectivity index (χ0v) is 17.6. The van der Waals surface area contributed by atoms with Crippen molar-refractivity contribution in [2.75, 3.05) is 19.1 Å². The largest absolute Gasteiger partial charge is 0.497 e. The summed E-state index contributed by atoms with van der Waals surface area (Å²) in [5, 5.41) is 2.51. The van der Waals surface area contributed by atoms with E-state index >= 15 is 0 Å². The minimum atomic E-state index is -0.601. The maximum Gasteiger partial charge on any atom is 0.270 e. The van der Waals surface area contributed by atoms with E-state index in [2.05, 4.69) is 5.32 Å². The van der Waals surface area contributed by atoms with E-state index in [4.69, 9.17) is 26.1 Å². The molecule has 1 N–H and O–H groups in total. The zero-order chi connectivity index (χ0) is 22.0. The number of hydrogen-bond acceptors (Lipinski definition) is 6. The lowest BCUT2D eigenvalue weighted by molar-refractivity contribution is -0.122. The van der Waals surface area contributed by atoms with Crippen molar-refractivity contribution in [1.29, 1.82) is 0 Å². The number of amides is 2. The van der Waals surface area contributed by atoms with Crippen molar-refractivity contribution < 1.29 is 23.5 Å². The van der Waals surface area contributed by atoms with Crippen LogP contribution in [0.3, 0.4) is 0 Å². The second-order valence-corrected chi connectivity index (χ2v) is 6.95. The molecule has 8 heteroatoms.